The minimum absolute atomic E-state index is 0.970. The average Bonchev–Trinajstić information content (AvgIpc) is 3.36. The average molecular weight is 930 g/mol. The second-order valence-corrected chi connectivity index (χ2v) is 20.5. The van der Waals surface area contributed by atoms with Gasteiger partial charge in [-0.1, -0.05) is 245 Å². The molecule has 382 valence electrons. The summed E-state index contributed by atoms with van der Waals surface area (Å²) in [5.41, 5.74) is 7.16. The third-order valence-corrected chi connectivity index (χ3v) is 13.9. The Labute approximate surface area is 424 Å². The molecule has 0 heterocycles. The second-order valence-electron chi connectivity index (χ2n) is 20.5. The maximum atomic E-state index is 5.26. The molecule has 0 N–H and O–H groups in total. The summed E-state index contributed by atoms with van der Waals surface area (Å²) in [5, 5.41) is 0. The van der Waals surface area contributed by atoms with Gasteiger partial charge in [-0.3, -0.25) is 9.98 Å². The van der Waals surface area contributed by atoms with Gasteiger partial charge in [0.15, 0.2) is 0 Å². The molecular formula is C66H108N2. The zero-order chi connectivity index (χ0) is 48.5. The predicted molar refractivity (Wildman–Crippen MR) is 307 cm³/mol. The van der Waals surface area contributed by atoms with E-state index in [0.29, 0.717) is 0 Å². The van der Waals surface area contributed by atoms with Gasteiger partial charge < -0.3 is 0 Å². The zero-order valence-corrected chi connectivity index (χ0v) is 45.6. The van der Waals surface area contributed by atoms with Gasteiger partial charge in [0.1, 0.15) is 0 Å². The fraction of sp³-hybridized carbons (Fsp3) is 0.727. The van der Waals surface area contributed by atoms with E-state index in [1.165, 1.54) is 204 Å². The third kappa shape index (κ3) is 36.8. The summed E-state index contributed by atoms with van der Waals surface area (Å²) in [6.45, 7) is 9.14. The Hall–Kier alpha value is -3.10. The van der Waals surface area contributed by atoms with Gasteiger partial charge in [0, 0.05) is 25.7 Å². The van der Waals surface area contributed by atoms with Gasteiger partial charge in [0.25, 0.3) is 0 Å². The molecule has 0 aliphatic carbocycles. The maximum Gasteiger partial charge on any atom is 0.0633 e. The van der Waals surface area contributed by atoms with Gasteiger partial charge in [-0.25, -0.2) is 0 Å². The number of hydrogen-bond acceptors (Lipinski definition) is 2. The van der Waals surface area contributed by atoms with Crippen molar-refractivity contribution in [2.45, 2.75) is 310 Å². The molecule has 0 saturated carbocycles. The molecule has 0 saturated heterocycles. The van der Waals surface area contributed by atoms with Crippen molar-refractivity contribution < 1.29 is 0 Å². The first-order chi connectivity index (χ1) is 33.7. The highest BCUT2D eigenvalue weighted by Crippen LogP contribution is 2.22. The largest absolute Gasteiger partial charge is 0.252 e. The topological polar surface area (TPSA) is 24.7 Å². The fourth-order valence-electron chi connectivity index (χ4n) is 9.29. The molecule has 0 atom stereocenters. The van der Waals surface area contributed by atoms with Crippen molar-refractivity contribution in [3.05, 3.63) is 59.7 Å². The number of aryl methyl sites for hydroxylation is 2. The molecule has 2 aromatic rings. The lowest BCUT2D eigenvalue weighted by molar-refractivity contribution is 0.533. The number of aliphatic imine (C=N–C) groups is 2. The van der Waals surface area contributed by atoms with Crippen molar-refractivity contribution in [2.24, 2.45) is 9.98 Å². The molecule has 0 fully saturated rings. The van der Waals surface area contributed by atoms with Crippen LogP contribution in [0.5, 0.6) is 0 Å². The van der Waals surface area contributed by atoms with Crippen molar-refractivity contribution >= 4 is 22.8 Å². The number of hydrogen-bond donors (Lipinski definition) is 0. The molecule has 0 amide bonds. The Morgan fingerprint density at radius 3 is 0.779 bits per heavy atom. The number of unbranched alkanes of at least 4 members (excludes halogenated alkanes) is 34. The molecule has 68 heavy (non-hydrogen) atoms. The van der Waals surface area contributed by atoms with E-state index in [1.54, 1.807) is 0 Å². The van der Waals surface area contributed by atoms with Crippen molar-refractivity contribution in [3.63, 3.8) is 0 Å². The smallest absolute Gasteiger partial charge is 0.0633 e. The summed E-state index contributed by atoms with van der Waals surface area (Å²) in [5.74, 6) is 13.8. The van der Waals surface area contributed by atoms with Gasteiger partial charge >= 0.3 is 0 Å². The lowest BCUT2D eigenvalue weighted by atomic mass is 10.0. The van der Waals surface area contributed by atoms with Crippen LogP contribution in [0.3, 0.4) is 0 Å². The Kier molecular flexibility index (Phi) is 42.7. The van der Waals surface area contributed by atoms with Gasteiger partial charge in [-0.2, -0.15) is 0 Å². The lowest BCUT2D eigenvalue weighted by Crippen LogP contribution is -2.14. The maximum absolute atomic E-state index is 5.26. The lowest BCUT2D eigenvalue weighted by Gasteiger charge is -2.11. The minimum Gasteiger partial charge on any atom is -0.252 e. The molecule has 2 aromatic carbocycles. The normalized spacial score (nSPS) is 11.7. The summed E-state index contributed by atoms with van der Waals surface area (Å²) in [6, 6.07) is 17.9. The van der Waals surface area contributed by atoms with E-state index >= 15 is 0 Å². The molecule has 0 aromatic heterocycles. The first kappa shape index (κ1) is 61.0. The monoisotopic (exact) mass is 929 g/mol. The van der Waals surface area contributed by atoms with Crippen LogP contribution < -0.4 is 0 Å². The van der Waals surface area contributed by atoms with Crippen molar-refractivity contribution in [1.82, 2.24) is 0 Å². The number of rotatable bonds is 45. The molecule has 0 aliphatic rings. The SMILES string of the molecule is CCCCCCCCCCCCCCCCCC#CCCCc1ccc(N=C(CCCC)C(CCCC)=Nc2ccc(CCCC#CCCCCCCCCCCCCCCCCC)cc2)cc1. The molecule has 0 bridgehead atoms. The Morgan fingerprint density at radius 1 is 0.279 bits per heavy atom. The van der Waals surface area contributed by atoms with E-state index in [-0.39, 0.29) is 0 Å². The molecule has 0 radical (unpaired) electrons. The second kappa shape index (κ2) is 47.6. The van der Waals surface area contributed by atoms with E-state index < -0.39 is 0 Å². The van der Waals surface area contributed by atoms with E-state index in [4.69, 9.17) is 9.98 Å². The van der Waals surface area contributed by atoms with Crippen LogP contribution in [0.25, 0.3) is 0 Å². The number of nitrogens with zero attached hydrogens (tertiary/aromatic N) is 2. The Bertz CT molecular complexity index is 1470. The first-order valence-electron chi connectivity index (χ1n) is 29.9. The van der Waals surface area contributed by atoms with Crippen LogP contribution in [0.15, 0.2) is 58.5 Å². The van der Waals surface area contributed by atoms with Crippen LogP contribution in [0, 0.1) is 23.7 Å². The predicted octanol–water partition coefficient (Wildman–Crippen LogP) is 22.1. The molecule has 2 rings (SSSR count). The molecule has 0 aliphatic heterocycles. The zero-order valence-electron chi connectivity index (χ0n) is 45.6. The van der Waals surface area contributed by atoms with E-state index in [1.807, 2.05) is 0 Å². The number of benzene rings is 2. The van der Waals surface area contributed by atoms with E-state index in [9.17, 15) is 0 Å². The van der Waals surface area contributed by atoms with Crippen LogP contribution in [0.2, 0.25) is 0 Å². The Morgan fingerprint density at radius 2 is 0.515 bits per heavy atom. The first-order valence-corrected chi connectivity index (χ1v) is 29.9. The van der Waals surface area contributed by atoms with Crippen LogP contribution >= 0.6 is 0 Å². The summed E-state index contributed by atoms with van der Waals surface area (Å²) >= 11 is 0. The van der Waals surface area contributed by atoms with Gasteiger partial charge in [-0.15, -0.1) is 23.7 Å². The van der Waals surface area contributed by atoms with Crippen molar-refractivity contribution in [1.29, 1.82) is 0 Å². The van der Waals surface area contributed by atoms with E-state index in [2.05, 4.69) is 99.9 Å². The standard InChI is InChI=1S/C66H108N2/c1-5-9-13-15-17-19-21-23-25-27-29-31-33-35-37-39-41-43-45-47-49-61-53-57-63(58-54-61)67-65(51-11-7-3)66(52-12-8-4)68-64-59-55-62(56-60-64)50-48-46-44-42-40-38-36-34-32-30-28-26-24-22-20-18-16-14-10-6-2/h53-60H,5-40,45-52H2,1-4H3. The summed E-state index contributed by atoms with van der Waals surface area (Å²) in [4.78, 5) is 10.5. The Balaban J connectivity index is 1.66. The highest BCUT2D eigenvalue weighted by molar-refractivity contribution is 6.43. The van der Waals surface area contributed by atoms with Gasteiger partial charge in [-0.05, 0) is 99.6 Å². The minimum atomic E-state index is 0.970. The van der Waals surface area contributed by atoms with Gasteiger partial charge in [0.05, 0.1) is 22.8 Å². The quantitative estimate of drug-likeness (QED) is 0.0359. The molecule has 0 unspecified atom stereocenters. The summed E-state index contributed by atoms with van der Waals surface area (Å²) in [7, 11) is 0. The van der Waals surface area contributed by atoms with Crippen LogP contribution in [0.1, 0.15) is 308 Å². The summed E-state index contributed by atoms with van der Waals surface area (Å²) in [6.07, 6.45) is 57.4. The molecular weight excluding hydrogens is 821 g/mol. The molecule has 2 heteroatoms. The highest BCUT2D eigenvalue weighted by atomic mass is 14.8. The van der Waals surface area contributed by atoms with Crippen molar-refractivity contribution in [3.8, 4) is 23.7 Å². The van der Waals surface area contributed by atoms with E-state index in [0.717, 1.165) is 113 Å². The van der Waals surface area contributed by atoms with Crippen LogP contribution in [-0.4, -0.2) is 11.4 Å². The van der Waals surface area contributed by atoms with Gasteiger partial charge in [0.2, 0.25) is 0 Å². The highest BCUT2D eigenvalue weighted by Gasteiger charge is 2.11. The van der Waals surface area contributed by atoms with Crippen molar-refractivity contribution in [2.75, 3.05) is 0 Å². The van der Waals surface area contributed by atoms with Crippen LogP contribution in [-0.2, 0) is 12.8 Å². The molecule has 2 nitrogen and oxygen atoms in total. The fourth-order valence-corrected chi connectivity index (χ4v) is 9.29. The van der Waals surface area contributed by atoms with Crippen LogP contribution in [0.4, 0.5) is 11.4 Å². The third-order valence-electron chi connectivity index (χ3n) is 13.9. The molecule has 0 spiro atoms. The summed E-state index contributed by atoms with van der Waals surface area (Å²) < 4.78 is 0.